The van der Waals surface area contributed by atoms with Gasteiger partial charge in [0.2, 0.25) is 0 Å². The standard InChI is InChI=1S/C28H56O2/c1-3-5-7-9-11-13-15-17-19-21-23-25-27(26-28(29)30)24-22-20-18-16-14-12-10-8-6-4-2/h27H,3-26H2,1-2H3,(H,29,30). The van der Waals surface area contributed by atoms with Crippen LogP contribution in [0.15, 0.2) is 0 Å². The van der Waals surface area contributed by atoms with Crippen LogP contribution in [0.1, 0.15) is 168 Å². The minimum absolute atomic E-state index is 0.384. The predicted octanol–water partition coefficient (Wildman–Crippen LogP) is 10.1. The lowest BCUT2D eigenvalue weighted by molar-refractivity contribution is -0.138. The first-order valence-electron chi connectivity index (χ1n) is 13.9. The van der Waals surface area contributed by atoms with Crippen LogP contribution in [-0.4, -0.2) is 11.1 Å². The van der Waals surface area contributed by atoms with Crippen LogP contribution in [-0.2, 0) is 4.79 Å². The molecule has 0 radical (unpaired) electrons. The van der Waals surface area contributed by atoms with Crippen molar-refractivity contribution in [2.75, 3.05) is 0 Å². The van der Waals surface area contributed by atoms with Crippen LogP contribution in [0, 0.1) is 5.92 Å². The largest absolute Gasteiger partial charge is 0.481 e. The Hall–Kier alpha value is -0.530. The lowest BCUT2D eigenvalue weighted by Crippen LogP contribution is -2.08. The van der Waals surface area contributed by atoms with Crippen molar-refractivity contribution in [3.8, 4) is 0 Å². The zero-order chi connectivity index (χ0) is 22.1. The molecular weight excluding hydrogens is 368 g/mol. The summed E-state index contributed by atoms with van der Waals surface area (Å²) in [5, 5.41) is 9.22. The van der Waals surface area contributed by atoms with Gasteiger partial charge in [0.25, 0.3) is 0 Å². The molecule has 0 aromatic carbocycles. The summed E-state index contributed by atoms with van der Waals surface area (Å²) in [5.41, 5.74) is 0. The summed E-state index contributed by atoms with van der Waals surface area (Å²) < 4.78 is 0. The summed E-state index contributed by atoms with van der Waals surface area (Å²) in [6.45, 7) is 4.55. The molecule has 0 aromatic rings. The van der Waals surface area contributed by atoms with E-state index in [-0.39, 0.29) is 0 Å². The maximum absolute atomic E-state index is 11.2. The molecule has 2 heteroatoms. The highest BCUT2D eigenvalue weighted by atomic mass is 16.4. The van der Waals surface area contributed by atoms with Crippen LogP contribution in [0.2, 0.25) is 0 Å². The Morgan fingerprint density at radius 2 is 0.767 bits per heavy atom. The molecule has 0 rings (SSSR count). The van der Waals surface area contributed by atoms with Crippen LogP contribution in [0.5, 0.6) is 0 Å². The van der Waals surface area contributed by atoms with E-state index in [1.54, 1.807) is 0 Å². The molecule has 0 saturated heterocycles. The number of aliphatic carboxylic acids is 1. The Bertz CT molecular complexity index is 340. The van der Waals surface area contributed by atoms with E-state index >= 15 is 0 Å². The van der Waals surface area contributed by atoms with Crippen molar-refractivity contribution in [2.45, 2.75) is 168 Å². The third-order valence-corrected chi connectivity index (χ3v) is 6.65. The highest BCUT2D eigenvalue weighted by molar-refractivity contribution is 5.66. The van der Waals surface area contributed by atoms with E-state index < -0.39 is 5.97 Å². The van der Waals surface area contributed by atoms with Gasteiger partial charge in [0.1, 0.15) is 0 Å². The number of carboxylic acids is 1. The molecule has 1 unspecified atom stereocenters. The molecule has 0 bridgehead atoms. The highest BCUT2D eigenvalue weighted by Gasteiger charge is 2.12. The second kappa shape index (κ2) is 24.7. The molecule has 0 aliphatic heterocycles. The van der Waals surface area contributed by atoms with Gasteiger partial charge in [0.15, 0.2) is 0 Å². The molecular formula is C28H56O2. The van der Waals surface area contributed by atoms with Gasteiger partial charge in [-0.3, -0.25) is 4.79 Å². The Balaban J connectivity index is 3.55. The number of hydrogen-bond donors (Lipinski definition) is 1. The maximum Gasteiger partial charge on any atom is 0.303 e. The monoisotopic (exact) mass is 424 g/mol. The molecule has 0 spiro atoms. The molecule has 2 nitrogen and oxygen atoms in total. The molecule has 0 amide bonds. The van der Waals surface area contributed by atoms with E-state index in [0.717, 1.165) is 12.8 Å². The average Bonchev–Trinajstić information content (AvgIpc) is 2.72. The fraction of sp³-hybridized carbons (Fsp3) is 0.964. The van der Waals surface area contributed by atoms with Crippen LogP contribution in [0.25, 0.3) is 0 Å². The number of carboxylic acid groups (broad SMARTS) is 1. The van der Waals surface area contributed by atoms with E-state index in [4.69, 9.17) is 0 Å². The minimum atomic E-state index is -0.602. The third kappa shape index (κ3) is 23.7. The Morgan fingerprint density at radius 3 is 1.03 bits per heavy atom. The van der Waals surface area contributed by atoms with Gasteiger partial charge >= 0.3 is 5.97 Å². The molecule has 0 aliphatic carbocycles. The van der Waals surface area contributed by atoms with Gasteiger partial charge in [-0.25, -0.2) is 0 Å². The first-order valence-corrected chi connectivity index (χ1v) is 13.9. The van der Waals surface area contributed by atoms with Gasteiger partial charge in [0, 0.05) is 6.42 Å². The second-order valence-electron chi connectivity index (χ2n) is 9.76. The van der Waals surface area contributed by atoms with E-state index in [1.165, 1.54) is 135 Å². The molecule has 0 aromatic heterocycles. The van der Waals surface area contributed by atoms with Crippen LogP contribution in [0.4, 0.5) is 0 Å². The first-order chi connectivity index (χ1) is 14.7. The number of carbonyl (C=O) groups is 1. The predicted molar refractivity (Wildman–Crippen MR) is 133 cm³/mol. The Morgan fingerprint density at radius 1 is 0.500 bits per heavy atom. The Labute approximate surface area is 190 Å². The van der Waals surface area contributed by atoms with E-state index in [1.807, 2.05) is 0 Å². The lowest BCUT2D eigenvalue weighted by atomic mass is 9.91. The van der Waals surface area contributed by atoms with Gasteiger partial charge in [-0.2, -0.15) is 0 Å². The summed E-state index contributed by atoms with van der Waals surface area (Å²) >= 11 is 0. The average molecular weight is 425 g/mol. The Kier molecular flexibility index (Phi) is 24.3. The van der Waals surface area contributed by atoms with E-state index in [9.17, 15) is 9.90 Å². The van der Waals surface area contributed by atoms with Crippen LogP contribution < -0.4 is 0 Å². The molecule has 1 N–H and O–H groups in total. The second-order valence-corrected chi connectivity index (χ2v) is 9.76. The van der Waals surface area contributed by atoms with Crippen molar-refractivity contribution in [2.24, 2.45) is 5.92 Å². The SMILES string of the molecule is CCCCCCCCCCCCCC(CCCCCCCCCCCC)CC(=O)O. The molecule has 0 heterocycles. The van der Waals surface area contributed by atoms with E-state index in [2.05, 4.69) is 13.8 Å². The highest BCUT2D eigenvalue weighted by Crippen LogP contribution is 2.22. The van der Waals surface area contributed by atoms with Gasteiger partial charge < -0.3 is 5.11 Å². The first kappa shape index (κ1) is 29.5. The molecule has 0 fully saturated rings. The fourth-order valence-electron chi connectivity index (χ4n) is 4.61. The summed E-state index contributed by atoms with van der Waals surface area (Å²) in [5.74, 6) is -0.190. The lowest BCUT2D eigenvalue weighted by Gasteiger charge is -2.14. The fourth-order valence-corrected chi connectivity index (χ4v) is 4.61. The van der Waals surface area contributed by atoms with Gasteiger partial charge in [-0.15, -0.1) is 0 Å². The zero-order valence-electron chi connectivity index (χ0n) is 20.9. The van der Waals surface area contributed by atoms with Crippen molar-refractivity contribution in [1.29, 1.82) is 0 Å². The molecule has 30 heavy (non-hydrogen) atoms. The van der Waals surface area contributed by atoms with Crippen molar-refractivity contribution in [1.82, 2.24) is 0 Å². The maximum atomic E-state index is 11.2. The smallest absolute Gasteiger partial charge is 0.303 e. The number of unbranched alkanes of at least 4 members (excludes halogenated alkanes) is 19. The normalized spacial score (nSPS) is 12.3. The summed E-state index contributed by atoms with van der Waals surface area (Å²) in [6.07, 6.45) is 31.2. The zero-order valence-corrected chi connectivity index (χ0v) is 20.9. The molecule has 180 valence electrons. The topological polar surface area (TPSA) is 37.3 Å². The molecule has 0 aliphatic rings. The molecule has 0 saturated carbocycles. The number of rotatable bonds is 25. The van der Waals surface area contributed by atoms with Gasteiger partial charge in [0.05, 0.1) is 0 Å². The van der Waals surface area contributed by atoms with E-state index in [0.29, 0.717) is 12.3 Å². The van der Waals surface area contributed by atoms with Crippen molar-refractivity contribution in [3.05, 3.63) is 0 Å². The van der Waals surface area contributed by atoms with Gasteiger partial charge in [-0.05, 0) is 18.8 Å². The quantitative estimate of drug-likeness (QED) is 0.148. The van der Waals surface area contributed by atoms with Crippen molar-refractivity contribution < 1.29 is 9.90 Å². The van der Waals surface area contributed by atoms with Crippen molar-refractivity contribution in [3.63, 3.8) is 0 Å². The number of hydrogen-bond acceptors (Lipinski definition) is 1. The van der Waals surface area contributed by atoms with Crippen molar-refractivity contribution >= 4 is 5.97 Å². The van der Waals surface area contributed by atoms with Crippen LogP contribution >= 0.6 is 0 Å². The van der Waals surface area contributed by atoms with Crippen LogP contribution in [0.3, 0.4) is 0 Å². The summed E-state index contributed by atoms with van der Waals surface area (Å²) in [7, 11) is 0. The summed E-state index contributed by atoms with van der Waals surface area (Å²) in [6, 6.07) is 0. The summed E-state index contributed by atoms with van der Waals surface area (Å²) in [4.78, 5) is 11.2. The van der Waals surface area contributed by atoms with Gasteiger partial charge in [-0.1, -0.05) is 149 Å². The third-order valence-electron chi connectivity index (χ3n) is 6.65. The molecule has 1 atom stereocenters. The minimum Gasteiger partial charge on any atom is -0.481 e.